The van der Waals surface area contributed by atoms with Crippen LogP contribution in [-0.4, -0.2) is 10.8 Å². The fourth-order valence-corrected chi connectivity index (χ4v) is 1.74. The molecule has 1 aliphatic rings. The van der Waals surface area contributed by atoms with Crippen LogP contribution < -0.4 is 10.6 Å². The van der Waals surface area contributed by atoms with Crippen LogP contribution in [0.4, 0.5) is 0 Å². The van der Waals surface area contributed by atoms with Crippen molar-refractivity contribution in [2.75, 3.05) is 6.54 Å². The molecule has 62 valence electrons. The molecule has 0 radical (unpaired) electrons. The first-order valence-electron chi connectivity index (χ1n) is 3.99. The number of rotatable bonds is 1. The van der Waals surface area contributed by atoms with Gasteiger partial charge in [0, 0.05) is 18.0 Å². The van der Waals surface area contributed by atoms with Crippen LogP contribution in [0.15, 0.2) is 28.7 Å². The van der Waals surface area contributed by atoms with Crippen LogP contribution in [0.5, 0.6) is 0 Å². The molecule has 1 aromatic carbocycles. The van der Waals surface area contributed by atoms with E-state index in [1.54, 1.807) is 0 Å². The molecule has 0 saturated carbocycles. The van der Waals surface area contributed by atoms with Crippen molar-refractivity contribution in [2.45, 2.75) is 6.92 Å². The summed E-state index contributed by atoms with van der Waals surface area (Å²) in [6, 6.07) is 8.17. The average Bonchev–Trinajstić information content (AvgIpc) is 2.17. The van der Waals surface area contributed by atoms with Crippen molar-refractivity contribution in [3.63, 3.8) is 0 Å². The van der Waals surface area contributed by atoms with Crippen LogP contribution in [0.25, 0.3) is 6.20 Å². The highest BCUT2D eigenvalue weighted by Gasteiger charge is 2.00. The topological polar surface area (TPSA) is 15.6 Å². The van der Waals surface area contributed by atoms with Crippen LogP contribution >= 0.6 is 12.1 Å². The summed E-state index contributed by atoms with van der Waals surface area (Å²) < 4.78 is 6.47. The molecule has 0 amide bonds. The minimum absolute atomic E-state index is 0.989. The Morgan fingerprint density at radius 2 is 2.25 bits per heavy atom. The van der Waals surface area contributed by atoms with Gasteiger partial charge in [0.2, 0.25) is 0 Å². The summed E-state index contributed by atoms with van der Waals surface area (Å²) in [7, 11) is 0. The highest BCUT2D eigenvalue weighted by molar-refractivity contribution is 7.95. The summed E-state index contributed by atoms with van der Waals surface area (Å²) in [6.45, 7) is 3.11. The maximum absolute atomic E-state index is 4.36. The van der Waals surface area contributed by atoms with E-state index in [1.165, 1.54) is 17.4 Å². The van der Waals surface area contributed by atoms with E-state index < -0.39 is 0 Å². The van der Waals surface area contributed by atoms with E-state index in [1.807, 2.05) is 18.2 Å². The van der Waals surface area contributed by atoms with E-state index in [9.17, 15) is 0 Å². The van der Waals surface area contributed by atoms with Crippen LogP contribution in [-0.2, 0) is 0 Å². The Hall–Kier alpha value is -0.960. The smallest absolute Gasteiger partial charge is 0.0930 e. The van der Waals surface area contributed by atoms with Crippen molar-refractivity contribution in [3.8, 4) is 0 Å². The Kier molecular flexibility index (Phi) is 2.04. The third-order valence-corrected chi connectivity index (χ3v) is 2.63. The van der Waals surface area contributed by atoms with E-state index >= 15 is 0 Å². The summed E-state index contributed by atoms with van der Waals surface area (Å²) >= 11 is 1.51. The Morgan fingerprint density at radius 3 is 3.08 bits per heavy atom. The SMILES string of the molecule is CCN1C=c2ccccc2=NS1. The second kappa shape index (κ2) is 3.19. The molecule has 0 aliphatic carbocycles. The van der Waals surface area contributed by atoms with Gasteiger partial charge in [-0.05, 0) is 13.0 Å². The highest BCUT2D eigenvalue weighted by atomic mass is 32.2. The lowest BCUT2D eigenvalue weighted by Crippen LogP contribution is -2.30. The molecule has 0 aromatic heterocycles. The molecule has 0 unspecified atom stereocenters. The summed E-state index contributed by atoms with van der Waals surface area (Å²) in [4.78, 5) is 0. The molecular weight excluding hydrogens is 168 g/mol. The molecule has 3 heteroatoms. The van der Waals surface area contributed by atoms with Gasteiger partial charge in [0.15, 0.2) is 0 Å². The summed E-state index contributed by atoms with van der Waals surface area (Å²) in [5, 5.41) is 2.28. The minimum Gasteiger partial charge on any atom is -0.304 e. The number of hydrogen-bond acceptors (Lipinski definition) is 3. The first kappa shape index (κ1) is 7.68. The van der Waals surface area contributed by atoms with E-state index in [4.69, 9.17) is 0 Å². The quantitative estimate of drug-likeness (QED) is 0.595. The van der Waals surface area contributed by atoms with Crippen molar-refractivity contribution in [1.82, 2.24) is 4.31 Å². The number of nitrogens with zero attached hydrogens (tertiary/aromatic N) is 2. The van der Waals surface area contributed by atoms with E-state index in [0.29, 0.717) is 0 Å². The van der Waals surface area contributed by atoms with Gasteiger partial charge in [0.05, 0.1) is 17.5 Å². The minimum atomic E-state index is 0.989. The average molecular weight is 178 g/mol. The first-order chi connectivity index (χ1) is 5.90. The predicted octanol–water partition coefficient (Wildman–Crippen LogP) is 0.943. The predicted molar refractivity (Wildman–Crippen MR) is 51.7 cm³/mol. The van der Waals surface area contributed by atoms with Gasteiger partial charge >= 0.3 is 0 Å². The van der Waals surface area contributed by atoms with Crippen molar-refractivity contribution >= 4 is 18.3 Å². The van der Waals surface area contributed by atoms with Crippen LogP contribution in [0.3, 0.4) is 0 Å². The molecule has 12 heavy (non-hydrogen) atoms. The molecule has 1 heterocycles. The van der Waals surface area contributed by atoms with E-state index in [0.717, 1.165) is 11.9 Å². The van der Waals surface area contributed by atoms with Crippen LogP contribution in [0, 0.1) is 0 Å². The van der Waals surface area contributed by atoms with Crippen molar-refractivity contribution < 1.29 is 0 Å². The highest BCUT2D eigenvalue weighted by Crippen LogP contribution is 2.11. The maximum atomic E-state index is 4.36. The third kappa shape index (κ3) is 1.32. The molecule has 0 saturated heterocycles. The van der Waals surface area contributed by atoms with Crippen molar-refractivity contribution in [1.29, 1.82) is 0 Å². The van der Waals surface area contributed by atoms with Gasteiger partial charge in [-0.25, -0.2) is 0 Å². The lowest BCUT2D eigenvalue weighted by atomic mass is 10.3. The molecule has 2 nitrogen and oxygen atoms in total. The normalized spacial score (nSPS) is 14.6. The van der Waals surface area contributed by atoms with Gasteiger partial charge < -0.3 is 4.31 Å². The van der Waals surface area contributed by atoms with Gasteiger partial charge in [-0.15, -0.1) is 0 Å². The van der Waals surface area contributed by atoms with Crippen molar-refractivity contribution in [3.05, 3.63) is 34.8 Å². The molecule has 0 spiro atoms. The van der Waals surface area contributed by atoms with Gasteiger partial charge in [-0.3, -0.25) is 0 Å². The molecule has 1 aromatic rings. The lowest BCUT2D eigenvalue weighted by Gasteiger charge is -2.15. The van der Waals surface area contributed by atoms with Gasteiger partial charge in [0.25, 0.3) is 0 Å². The maximum Gasteiger partial charge on any atom is 0.0930 e. The fourth-order valence-electron chi connectivity index (χ4n) is 1.10. The summed E-state index contributed by atoms with van der Waals surface area (Å²) in [5.74, 6) is 0. The molecular formula is C9H10N2S. The molecule has 0 fully saturated rings. The van der Waals surface area contributed by atoms with Gasteiger partial charge in [-0.2, -0.15) is 4.40 Å². The van der Waals surface area contributed by atoms with Crippen LogP contribution in [0.1, 0.15) is 6.92 Å². The Bertz CT molecular complexity index is 386. The molecule has 2 rings (SSSR count). The number of hydrogen-bond donors (Lipinski definition) is 0. The first-order valence-corrected chi connectivity index (χ1v) is 4.72. The van der Waals surface area contributed by atoms with Gasteiger partial charge in [0.1, 0.15) is 0 Å². The lowest BCUT2D eigenvalue weighted by molar-refractivity contribution is 0.702. The number of fused-ring (bicyclic) bond motifs is 1. The second-order valence-electron chi connectivity index (χ2n) is 2.59. The van der Waals surface area contributed by atoms with Crippen molar-refractivity contribution in [2.24, 2.45) is 4.40 Å². The zero-order chi connectivity index (χ0) is 8.39. The summed E-state index contributed by atoms with van der Waals surface area (Å²) in [6.07, 6.45) is 2.13. The zero-order valence-corrected chi connectivity index (χ0v) is 7.71. The summed E-state index contributed by atoms with van der Waals surface area (Å²) in [5.41, 5.74) is 0. The van der Waals surface area contributed by atoms with E-state index in [-0.39, 0.29) is 0 Å². The standard InChI is InChI=1S/C9H10N2S/c1-2-11-7-8-5-3-4-6-9(8)10-12-11/h3-7H,2H2,1H3. The Labute approximate surface area is 75.9 Å². The molecule has 0 bridgehead atoms. The van der Waals surface area contributed by atoms with Crippen LogP contribution in [0.2, 0.25) is 0 Å². The van der Waals surface area contributed by atoms with E-state index in [2.05, 4.69) is 27.9 Å². The molecule has 1 aliphatic heterocycles. The number of benzene rings is 1. The van der Waals surface area contributed by atoms with Gasteiger partial charge in [-0.1, -0.05) is 18.2 Å². The molecule has 0 atom stereocenters. The monoisotopic (exact) mass is 178 g/mol. The second-order valence-corrected chi connectivity index (χ2v) is 3.41. The zero-order valence-electron chi connectivity index (χ0n) is 6.90. The third-order valence-electron chi connectivity index (χ3n) is 1.78. The molecule has 0 N–H and O–H groups in total. The largest absolute Gasteiger partial charge is 0.304 e. The Balaban J connectivity index is 2.56. The Morgan fingerprint density at radius 1 is 1.42 bits per heavy atom. The fraction of sp³-hybridized carbons (Fsp3) is 0.222.